The lowest BCUT2D eigenvalue weighted by molar-refractivity contribution is -0.117. The first-order valence-corrected chi connectivity index (χ1v) is 5.69. The molecule has 1 atom stereocenters. The van der Waals surface area contributed by atoms with Gasteiger partial charge in [0.15, 0.2) is 11.6 Å². The standard InChI is InChI=1S/C9H11N3O2S.ClH/c13-7-2-1-3-10-8(7)12-9(14)6-4-15-5-11-6;/h1-3,6,11,13H,4-5H2,(H,10,12,14);1H. The molecule has 1 fully saturated rings. The van der Waals surface area contributed by atoms with Crippen molar-refractivity contribution < 1.29 is 9.90 Å². The van der Waals surface area contributed by atoms with Gasteiger partial charge in [-0.05, 0) is 12.1 Å². The van der Waals surface area contributed by atoms with Crippen molar-refractivity contribution in [3.8, 4) is 5.75 Å². The molecule has 1 aliphatic heterocycles. The Hall–Kier alpha value is -0.980. The minimum Gasteiger partial charge on any atom is -0.504 e. The average molecular weight is 262 g/mol. The fourth-order valence-corrected chi connectivity index (χ4v) is 2.20. The highest BCUT2D eigenvalue weighted by Crippen LogP contribution is 2.19. The molecule has 0 aliphatic carbocycles. The number of hydrogen-bond donors (Lipinski definition) is 3. The lowest BCUT2D eigenvalue weighted by Crippen LogP contribution is -2.37. The van der Waals surface area contributed by atoms with Crippen LogP contribution in [0, 0.1) is 0 Å². The number of carbonyl (C=O) groups is 1. The maximum Gasteiger partial charge on any atom is 0.243 e. The maximum absolute atomic E-state index is 11.6. The van der Waals surface area contributed by atoms with Gasteiger partial charge >= 0.3 is 0 Å². The number of thioether (sulfide) groups is 1. The summed E-state index contributed by atoms with van der Waals surface area (Å²) in [6, 6.07) is 2.89. The smallest absolute Gasteiger partial charge is 0.243 e. The van der Waals surface area contributed by atoms with E-state index in [0.717, 1.165) is 11.6 Å². The fraction of sp³-hybridized carbons (Fsp3) is 0.333. The summed E-state index contributed by atoms with van der Waals surface area (Å²) in [7, 11) is 0. The molecule has 5 nitrogen and oxygen atoms in total. The SMILES string of the molecule is Cl.O=C(Nc1ncccc1O)C1CSCN1. The third kappa shape index (κ3) is 3.01. The van der Waals surface area contributed by atoms with E-state index in [-0.39, 0.29) is 35.9 Å². The molecule has 16 heavy (non-hydrogen) atoms. The molecule has 1 unspecified atom stereocenters. The van der Waals surface area contributed by atoms with Gasteiger partial charge in [0.25, 0.3) is 0 Å². The van der Waals surface area contributed by atoms with E-state index in [1.54, 1.807) is 17.8 Å². The van der Waals surface area contributed by atoms with E-state index in [0.29, 0.717) is 0 Å². The van der Waals surface area contributed by atoms with Crippen LogP contribution in [0.25, 0.3) is 0 Å². The zero-order valence-corrected chi connectivity index (χ0v) is 9.98. The van der Waals surface area contributed by atoms with E-state index in [1.807, 2.05) is 0 Å². The van der Waals surface area contributed by atoms with Crippen molar-refractivity contribution in [2.24, 2.45) is 0 Å². The van der Waals surface area contributed by atoms with Crippen LogP contribution in [0.15, 0.2) is 18.3 Å². The van der Waals surface area contributed by atoms with Crippen LogP contribution < -0.4 is 10.6 Å². The number of carbonyl (C=O) groups excluding carboxylic acids is 1. The zero-order valence-electron chi connectivity index (χ0n) is 8.34. The quantitative estimate of drug-likeness (QED) is 0.735. The van der Waals surface area contributed by atoms with Crippen LogP contribution in [0.2, 0.25) is 0 Å². The first-order chi connectivity index (χ1) is 7.27. The third-order valence-corrected chi connectivity index (χ3v) is 3.00. The summed E-state index contributed by atoms with van der Waals surface area (Å²) in [4.78, 5) is 15.5. The second-order valence-electron chi connectivity index (χ2n) is 3.13. The van der Waals surface area contributed by atoms with Gasteiger partial charge < -0.3 is 10.4 Å². The van der Waals surface area contributed by atoms with Gasteiger partial charge in [-0.1, -0.05) is 0 Å². The number of rotatable bonds is 2. The molecule has 88 valence electrons. The van der Waals surface area contributed by atoms with Crippen LogP contribution in [0.5, 0.6) is 5.75 Å². The number of halogens is 1. The van der Waals surface area contributed by atoms with E-state index in [1.165, 1.54) is 12.3 Å². The summed E-state index contributed by atoms with van der Waals surface area (Å²) in [5.41, 5.74) is 0. The number of hydrogen-bond acceptors (Lipinski definition) is 5. The number of aromatic hydroxyl groups is 1. The largest absolute Gasteiger partial charge is 0.504 e. The number of pyridine rings is 1. The average Bonchev–Trinajstić information content (AvgIpc) is 2.74. The molecule has 1 amide bonds. The van der Waals surface area contributed by atoms with Crippen molar-refractivity contribution in [1.82, 2.24) is 10.3 Å². The Labute approximate surface area is 103 Å². The van der Waals surface area contributed by atoms with Gasteiger partial charge in [0.1, 0.15) is 0 Å². The summed E-state index contributed by atoms with van der Waals surface area (Å²) >= 11 is 1.67. The van der Waals surface area contributed by atoms with Crippen molar-refractivity contribution in [3.05, 3.63) is 18.3 Å². The maximum atomic E-state index is 11.6. The normalized spacial score (nSPS) is 18.9. The second-order valence-corrected chi connectivity index (χ2v) is 4.16. The van der Waals surface area contributed by atoms with Crippen LogP contribution in [-0.4, -0.2) is 33.7 Å². The molecule has 2 heterocycles. The van der Waals surface area contributed by atoms with Crippen molar-refractivity contribution in [1.29, 1.82) is 0 Å². The summed E-state index contributed by atoms with van der Waals surface area (Å²) < 4.78 is 0. The molecule has 0 radical (unpaired) electrons. The van der Waals surface area contributed by atoms with Crippen molar-refractivity contribution >= 4 is 35.9 Å². The summed E-state index contributed by atoms with van der Waals surface area (Å²) in [6.45, 7) is 0. The third-order valence-electron chi connectivity index (χ3n) is 2.06. The minimum atomic E-state index is -0.198. The monoisotopic (exact) mass is 261 g/mol. The van der Waals surface area contributed by atoms with E-state index >= 15 is 0 Å². The number of aromatic nitrogens is 1. The predicted molar refractivity (Wildman–Crippen MR) is 66.0 cm³/mol. The van der Waals surface area contributed by atoms with Crippen LogP contribution in [0.1, 0.15) is 0 Å². The van der Waals surface area contributed by atoms with Gasteiger partial charge in [0.2, 0.25) is 5.91 Å². The topological polar surface area (TPSA) is 74.2 Å². The number of nitrogens with one attached hydrogen (secondary N) is 2. The minimum absolute atomic E-state index is 0. The predicted octanol–water partition coefficient (Wildman–Crippen LogP) is 0.810. The Morgan fingerprint density at radius 1 is 1.69 bits per heavy atom. The molecular formula is C9H12ClN3O2S. The molecule has 7 heteroatoms. The van der Waals surface area contributed by atoms with Gasteiger partial charge in [0, 0.05) is 17.8 Å². The summed E-state index contributed by atoms with van der Waals surface area (Å²) in [5.74, 6) is 1.57. The van der Waals surface area contributed by atoms with Gasteiger partial charge in [-0.3, -0.25) is 10.1 Å². The Balaban J connectivity index is 0.00000128. The highest BCUT2D eigenvalue weighted by atomic mass is 35.5. The molecule has 2 rings (SSSR count). The van der Waals surface area contributed by atoms with Crippen molar-refractivity contribution in [2.45, 2.75) is 6.04 Å². The molecule has 1 aliphatic rings. The van der Waals surface area contributed by atoms with Crippen LogP contribution in [0.4, 0.5) is 5.82 Å². The highest BCUT2D eigenvalue weighted by molar-refractivity contribution is 7.99. The van der Waals surface area contributed by atoms with E-state index in [4.69, 9.17) is 0 Å². The van der Waals surface area contributed by atoms with Crippen LogP contribution >= 0.6 is 24.2 Å². The summed E-state index contributed by atoms with van der Waals surface area (Å²) in [6.07, 6.45) is 1.52. The molecule has 3 N–H and O–H groups in total. The zero-order chi connectivity index (χ0) is 10.7. The Bertz CT molecular complexity index is 372. The van der Waals surface area contributed by atoms with Gasteiger partial charge in [-0.2, -0.15) is 0 Å². The molecule has 0 aromatic carbocycles. The Morgan fingerprint density at radius 2 is 2.50 bits per heavy atom. The molecule has 1 saturated heterocycles. The lowest BCUT2D eigenvalue weighted by Gasteiger charge is -2.10. The van der Waals surface area contributed by atoms with Crippen molar-refractivity contribution in [2.75, 3.05) is 16.9 Å². The highest BCUT2D eigenvalue weighted by Gasteiger charge is 2.23. The van der Waals surface area contributed by atoms with Crippen molar-refractivity contribution in [3.63, 3.8) is 0 Å². The lowest BCUT2D eigenvalue weighted by atomic mass is 10.3. The van der Waals surface area contributed by atoms with Crippen LogP contribution in [0.3, 0.4) is 0 Å². The Kier molecular flexibility index (Phi) is 4.85. The number of nitrogens with zero attached hydrogens (tertiary/aromatic N) is 1. The van der Waals surface area contributed by atoms with Gasteiger partial charge in [-0.15, -0.1) is 24.2 Å². The van der Waals surface area contributed by atoms with E-state index in [2.05, 4.69) is 15.6 Å². The molecule has 0 bridgehead atoms. The van der Waals surface area contributed by atoms with Gasteiger partial charge in [0.05, 0.1) is 6.04 Å². The number of amides is 1. The molecule has 1 aromatic rings. The second kappa shape index (κ2) is 5.93. The molecular weight excluding hydrogens is 250 g/mol. The van der Waals surface area contributed by atoms with E-state index < -0.39 is 0 Å². The molecule has 0 spiro atoms. The molecule has 1 aromatic heterocycles. The summed E-state index contributed by atoms with van der Waals surface area (Å²) in [5, 5.41) is 15.0. The van der Waals surface area contributed by atoms with Gasteiger partial charge in [-0.25, -0.2) is 4.98 Å². The van der Waals surface area contributed by atoms with E-state index in [9.17, 15) is 9.90 Å². The fourth-order valence-electron chi connectivity index (χ4n) is 1.26. The number of anilines is 1. The first kappa shape index (κ1) is 13.1. The molecule has 0 saturated carbocycles. The Morgan fingerprint density at radius 3 is 3.12 bits per heavy atom. The first-order valence-electron chi connectivity index (χ1n) is 4.53. The van der Waals surface area contributed by atoms with Crippen LogP contribution in [-0.2, 0) is 4.79 Å².